The molecule has 3 aromatic rings. The maximum atomic E-state index is 5.19. The molecule has 0 saturated heterocycles. The van der Waals surface area contributed by atoms with Crippen molar-refractivity contribution in [2.45, 2.75) is 140 Å². The largest absolute Gasteiger partial charge is 0.103 e. The van der Waals surface area contributed by atoms with Crippen molar-refractivity contribution in [3.8, 4) is 0 Å². The lowest BCUT2D eigenvalue weighted by atomic mass is 9.73. The highest BCUT2D eigenvalue weighted by Gasteiger charge is 2.27. The van der Waals surface area contributed by atoms with Crippen molar-refractivity contribution in [1.82, 2.24) is 0 Å². The molecule has 0 saturated carbocycles. The molecule has 0 bridgehead atoms. The topological polar surface area (TPSA) is 0 Å². The summed E-state index contributed by atoms with van der Waals surface area (Å²) in [6.07, 6.45) is 7.27. The second-order valence-electron chi connectivity index (χ2n) is 13.6. The maximum Gasteiger partial charge on any atom is 0.0193 e. The normalized spacial score (nSPS) is 11.2. The van der Waals surface area contributed by atoms with E-state index in [1.165, 1.54) is 38.9 Å². The highest BCUT2D eigenvalue weighted by Crippen LogP contribution is 2.35. The third-order valence-corrected chi connectivity index (χ3v) is 7.71. The number of benzene rings is 3. The third-order valence-electron chi connectivity index (χ3n) is 7.48. The molecular formula is C46H72S. The minimum atomic E-state index is 0.188. The molecule has 0 aliphatic rings. The van der Waals surface area contributed by atoms with Gasteiger partial charge in [-0.05, 0) is 96.2 Å². The summed E-state index contributed by atoms with van der Waals surface area (Å²) in [7, 11) is 0. The Hall–Kier alpha value is -3.03. The third kappa shape index (κ3) is 19.4. The molecule has 0 spiro atoms. The van der Waals surface area contributed by atoms with Gasteiger partial charge < -0.3 is 0 Å². The monoisotopic (exact) mass is 657 g/mol. The van der Waals surface area contributed by atoms with Crippen LogP contribution >= 0.6 is 12.2 Å². The minimum Gasteiger partial charge on any atom is -0.103 e. The summed E-state index contributed by atoms with van der Waals surface area (Å²) in [6.45, 7) is 44.6. The van der Waals surface area contributed by atoms with Crippen LogP contribution in [0.3, 0.4) is 0 Å². The fraction of sp³-hybridized carbons (Fsp3) is 0.457. The van der Waals surface area contributed by atoms with E-state index in [4.69, 9.17) is 12.2 Å². The standard InChI is InChI=1S/C22H30.C13H18S.C4H6.C3H6.2C2H6/c1-7-22(6,16-18-11-9-8-10-12-18)20-14-17(2)13-19(15-20)21(3,4)5;1-9-6-7-11(10(2)14)8-12(9)13(3,4)5;1-3-4-2;1-3-2;2*1-2/h8-15H,7,16H2,1-6H3;6-8H,1-5H3;3-4H,1-2H2;3H,1H2,2H3;2*1-2H3. The van der Waals surface area contributed by atoms with E-state index in [1.807, 2.05) is 41.5 Å². The number of rotatable bonds is 6. The average Bonchev–Trinajstić information content (AvgIpc) is 3.03. The van der Waals surface area contributed by atoms with Gasteiger partial charge in [-0.25, -0.2) is 0 Å². The highest BCUT2D eigenvalue weighted by atomic mass is 32.1. The molecule has 0 radical (unpaired) electrons. The first kappa shape index (κ1) is 48.4. The maximum absolute atomic E-state index is 5.19. The van der Waals surface area contributed by atoms with Gasteiger partial charge in [0.25, 0.3) is 0 Å². The van der Waals surface area contributed by atoms with Gasteiger partial charge in [0.15, 0.2) is 0 Å². The zero-order valence-corrected chi connectivity index (χ0v) is 34.3. The van der Waals surface area contributed by atoms with E-state index in [9.17, 15) is 0 Å². The quantitative estimate of drug-likeness (QED) is 0.110. The van der Waals surface area contributed by atoms with E-state index in [2.05, 4.69) is 156 Å². The van der Waals surface area contributed by atoms with Gasteiger partial charge in [0.2, 0.25) is 0 Å². The number of aryl methyl sites for hydroxylation is 2. The molecule has 262 valence electrons. The van der Waals surface area contributed by atoms with Crippen LogP contribution in [0.1, 0.15) is 142 Å². The Morgan fingerprint density at radius 3 is 1.55 bits per heavy atom. The van der Waals surface area contributed by atoms with Crippen molar-refractivity contribution >= 4 is 17.1 Å². The predicted octanol–water partition coefficient (Wildman–Crippen LogP) is 14.8. The molecule has 0 fully saturated rings. The van der Waals surface area contributed by atoms with Crippen molar-refractivity contribution in [2.75, 3.05) is 0 Å². The molecular weight excluding hydrogens is 585 g/mol. The zero-order chi connectivity index (χ0) is 37.4. The summed E-state index contributed by atoms with van der Waals surface area (Å²) in [5.74, 6) is 0. The van der Waals surface area contributed by atoms with Crippen LogP contribution in [0.25, 0.3) is 0 Å². The van der Waals surface area contributed by atoms with Gasteiger partial charge in [-0.1, -0.05) is 193 Å². The van der Waals surface area contributed by atoms with Gasteiger partial charge in [-0.3, -0.25) is 0 Å². The zero-order valence-electron chi connectivity index (χ0n) is 33.5. The SMILES string of the molecule is C=CC.C=CC=C.CC.CC.CC(=S)c1ccc(C)c(C(C)(C)C)c1.CCC(C)(Cc1ccccc1)c1cc(C)cc(C(C)(C)C)c1. The minimum absolute atomic E-state index is 0.188. The lowest BCUT2D eigenvalue weighted by Gasteiger charge is -2.32. The van der Waals surface area contributed by atoms with Gasteiger partial charge in [-0.2, -0.15) is 0 Å². The molecule has 0 heterocycles. The fourth-order valence-electron chi connectivity index (χ4n) is 4.69. The molecule has 0 amide bonds. The van der Waals surface area contributed by atoms with E-state index in [-0.39, 0.29) is 16.2 Å². The number of allylic oxidation sites excluding steroid dienone is 3. The summed E-state index contributed by atoms with van der Waals surface area (Å²) in [5.41, 5.74) is 10.2. The first-order valence-corrected chi connectivity index (χ1v) is 17.9. The summed E-state index contributed by atoms with van der Waals surface area (Å²) >= 11 is 5.19. The molecule has 1 atom stereocenters. The van der Waals surface area contributed by atoms with Crippen LogP contribution in [0.15, 0.2) is 105 Å². The Kier molecular flexibility index (Phi) is 25.8. The molecule has 3 rings (SSSR count). The van der Waals surface area contributed by atoms with Crippen molar-refractivity contribution in [1.29, 1.82) is 0 Å². The molecule has 0 nitrogen and oxygen atoms in total. The molecule has 0 aliphatic heterocycles. The summed E-state index contributed by atoms with van der Waals surface area (Å²) in [4.78, 5) is 0.968. The lowest BCUT2D eigenvalue weighted by Crippen LogP contribution is -2.25. The van der Waals surface area contributed by atoms with E-state index in [0.717, 1.165) is 17.7 Å². The smallest absolute Gasteiger partial charge is 0.0193 e. The molecule has 1 unspecified atom stereocenters. The Bertz CT molecular complexity index is 1290. The van der Waals surface area contributed by atoms with Crippen molar-refractivity contribution < 1.29 is 0 Å². The average molecular weight is 657 g/mol. The Balaban J connectivity index is -0.000000662. The summed E-state index contributed by atoms with van der Waals surface area (Å²) in [5, 5.41) is 0. The number of hydrogen-bond acceptors (Lipinski definition) is 1. The van der Waals surface area contributed by atoms with Gasteiger partial charge in [-0.15, -0.1) is 6.58 Å². The second kappa shape index (κ2) is 25.0. The Morgan fingerprint density at radius 2 is 1.17 bits per heavy atom. The van der Waals surface area contributed by atoms with Gasteiger partial charge in [0, 0.05) is 4.86 Å². The molecule has 0 aliphatic carbocycles. The summed E-state index contributed by atoms with van der Waals surface area (Å²) < 4.78 is 0. The molecule has 3 aromatic carbocycles. The van der Waals surface area contributed by atoms with Gasteiger partial charge in [0.05, 0.1) is 0 Å². The van der Waals surface area contributed by atoms with Crippen LogP contribution in [0, 0.1) is 13.8 Å². The fourth-order valence-corrected chi connectivity index (χ4v) is 4.82. The Morgan fingerprint density at radius 1 is 0.702 bits per heavy atom. The van der Waals surface area contributed by atoms with Crippen LogP contribution < -0.4 is 0 Å². The first-order chi connectivity index (χ1) is 21.9. The number of hydrogen-bond donors (Lipinski definition) is 0. The molecule has 0 N–H and O–H groups in total. The first-order valence-electron chi connectivity index (χ1n) is 17.5. The van der Waals surface area contributed by atoms with Crippen LogP contribution in [0.2, 0.25) is 0 Å². The van der Waals surface area contributed by atoms with E-state index in [0.29, 0.717) is 0 Å². The molecule has 0 aromatic heterocycles. The van der Waals surface area contributed by atoms with Crippen LogP contribution in [-0.2, 0) is 22.7 Å². The lowest BCUT2D eigenvalue weighted by molar-refractivity contribution is 0.449. The van der Waals surface area contributed by atoms with E-state index < -0.39 is 0 Å². The number of thiocarbonyl (C=S) groups is 1. The van der Waals surface area contributed by atoms with Crippen LogP contribution in [0.5, 0.6) is 0 Å². The van der Waals surface area contributed by atoms with Crippen molar-refractivity contribution in [3.05, 3.63) is 144 Å². The van der Waals surface area contributed by atoms with Crippen molar-refractivity contribution in [2.24, 2.45) is 0 Å². The highest BCUT2D eigenvalue weighted by molar-refractivity contribution is 7.80. The van der Waals surface area contributed by atoms with Crippen molar-refractivity contribution in [3.63, 3.8) is 0 Å². The van der Waals surface area contributed by atoms with Crippen LogP contribution in [0.4, 0.5) is 0 Å². The van der Waals surface area contributed by atoms with Gasteiger partial charge >= 0.3 is 0 Å². The van der Waals surface area contributed by atoms with E-state index >= 15 is 0 Å². The molecule has 47 heavy (non-hydrogen) atoms. The molecule has 1 heteroatoms. The van der Waals surface area contributed by atoms with E-state index in [1.54, 1.807) is 18.2 Å². The van der Waals surface area contributed by atoms with Gasteiger partial charge in [0.1, 0.15) is 0 Å². The summed E-state index contributed by atoms with van der Waals surface area (Å²) in [6, 6.07) is 24.5. The van der Waals surface area contributed by atoms with Crippen LogP contribution in [-0.4, -0.2) is 4.86 Å². The Labute approximate surface area is 299 Å². The second-order valence-corrected chi connectivity index (χ2v) is 14.2. The predicted molar refractivity (Wildman–Crippen MR) is 224 cm³/mol.